The molecular weight excluding hydrogens is 1650 g/mol. The molecule has 15 heteroatoms. The van der Waals surface area contributed by atoms with Gasteiger partial charge >= 0.3 is 71.7 Å². The van der Waals surface area contributed by atoms with Gasteiger partial charge in [0.2, 0.25) is 0 Å². The maximum Gasteiger partial charge on any atom is 2.00 e. The van der Waals surface area contributed by atoms with E-state index >= 15 is 0 Å². The Hall–Kier alpha value is 0.187. The van der Waals surface area contributed by atoms with E-state index in [9.17, 15) is 19.2 Å². The topological polar surface area (TPSA) is 105 Å². The molecule has 0 amide bonds. The van der Waals surface area contributed by atoms with Crippen LogP contribution in [0, 0.1) is 0 Å². The van der Waals surface area contributed by atoms with Crippen molar-refractivity contribution in [1.82, 2.24) is 0 Å². The summed E-state index contributed by atoms with van der Waals surface area (Å²) in [4.78, 5) is 45.2. The summed E-state index contributed by atoms with van der Waals surface area (Å²) in [5.41, 5.74) is 0. The molecule has 0 unspecified atom stereocenters. The second kappa shape index (κ2) is 124. The molecule has 109 heavy (non-hydrogen) atoms. The molecule has 0 spiro atoms. The van der Waals surface area contributed by atoms with Crippen LogP contribution in [0.25, 0.3) is 0 Å². The summed E-state index contributed by atoms with van der Waals surface area (Å²) in [5, 5.41) is 0. The average Bonchev–Trinajstić information content (AvgIpc) is 2.78. The fourth-order valence-corrected chi connectivity index (χ4v) is 12.7. The van der Waals surface area contributed by atoms with Crippen molar-refractivity contribution in [2.24, 2.45) is 0 Å². The van der Waals surface area contributed by atoms with Gasteiger partial charge in [0.25, 0.3) is 0 Å². The SMILES string of the molecule is C.C.CCCCCC/C=C/CCCCCCCCCCCCC(=O)OCC[S-].CCCCCC/C=C/CCCCCCCCCCCCC(=O)OCC[S-].CCCCCC/C=C/CCCCCCCCCCCCC(=O)OCC[S-].CCCCCC/C=C/CCCCCCCCCCCCC(=O)OCC[S-].S.[Sn+2].[Sn+2]. The van der Waals surface area contributed by atoms with Crippen molar-refractivity contribution in [1.29, 1.82) is 0 Å². The van der Waals surface area contributed by atoms with E-state index < -0.39 is 0 Å². The molecule has 0 aliphatic carbocycles. The zero-order valence-corrected chi connectivity index (χ0v) is 80.7. The molecule has 0 saturated carbocycles. The third-order valence-electron chi connectivity index (χ3n) is 19.0. The average molecular weight is 1840 g/mol. The van der Waals surface area contributed by atoms with Crippen molar-refractivity contribution in [3.63, 3.8) is 0 Å². The number of carbonyl (C=O) groups is 4. The third kappa shape index (κ3) is 132. The fraction of sp³-hybridized carbons (Fsp3) is 0.872. The third-order valence-corrected chi connectivity index (χ3v) is 19.6. The first-order valence-electron chi connectivity index (χ1n) is 44.8. The molecule has 0 aliphatic heterocycles. The molecule has 0 rings (SSSR count). The molecule has 4 radical (unpaired) electrons. The Labute approximate surface area is 744 Å². The van der Waals surface area contributed by atoms with Crippen molar-refractivity contribution in [3.05, 3.63) is 48.6 Å². The molecule has 644 valence electrons. The molecule has 0 fully saturated rings. The maximum atomic E-state index is 11.3. The van der Waals surface area contributed by atoms with Gasteiger partial charge in [-0.2, -0.15) is 13.5 Å². The monoisotopic (exact) mass is 1840 g/mol. The van der Waals surface area contributed by atoms with E-state index in [1.807, 2.05) is 0 Å². The van der Waals surface area contributed by atoms with Crippen molar-refractivity contribution < 1.29 is 38.1 Å². The number of rotatable bonds is 80. The van der Waals surface area contributed by atoms with E-state index in [4.69, 9.17) is 69.5 Å². The van der Waals surface area contributed by atoms with Crippen molar-refractivity contribution >= 4 is 136 Å². The first-order chi connectivity index (χ1) is 51.2. The van der Waals surface area contributed by atoms with E-state index in [0.29, 0.717) is 75.1 Å². The molecule has 0 aromatic heterocycles. The Morgan fingerprint density at radius 2 is 0.312 bits per heavy atom. The van der Waals surface area contributed by atoms with Gasteiger partial charge in [-0.05, 0) is 128 Å². The predicted octanol–water partition coefficient (Wildman–Crippen LogP) is 29.8. The van der Waals surface area contributed by atoms with Gasteiger partial charge in [-0.1, -0.05) is 374 Å². The second-order valence-corrected chi connectivity index (χ2v) is 30.9. The first-order valence-corrected chi connectivity index (χ1v) is 47.1. The van der Waals surface area contributed by atoms with Crippen molar-refractivity contribution in [2.45, 2.75) is 479 Å². The van der Waals surface area contributed by atoms with Gasteiger partial charge in [-0.15, -0.1) is 23.0 Å². The van der Waals surface area contributed by atoms with Gasteiger partial charge in [0.1, 0.15) is 0 Å². The van der Waals surface area contributed by atoms with Gasteiger partial charge in [0.05, 0.1) is 26.4 Å². The summed E-state index contributed by atoms with van der Waals surface area (Å²) in [5.74, 6) is 1.68. The molecule has 0 aromatic carbocycles. The predicted molar refractivity (Wildman–Crippen MR) is 501 cm³/mol. The summed E-state index contributed by atoms with van der Waals surface area (Å²) in [6.45, 7) is 10.6. The molecule has 0 bridgehead atoms. The van der Waals surface area contributed by atoms with E-state index in [1.54, 1.807) is 0 Å². The number of allylic oxidation sites excluding steroid dienone is 8. The van der Waals surface area contributed by atoms with Crippen molar-refractivity contribution in [2.75, 3.05) is 49.4 Å². The number of ether oxygens (including phenoxy) is 4. The van der Waals surface area contributed by atoms with E-state index in [2.05, 4.69) is 76.3 Å². The Kier molecular flexibility index (Phi) is 145. The molecule has 0 aliphatic rings. The molecule has 0 N–H and O–H groups in total. The smallest absolute Gasteiger partial charge is 0.789 e. The van der Waals surface area contributed by atoms with Crippen LogP contribution in [-0.4, -0.2) is 121 Å². The van der Waals surface area contributed by atoms with Crippen LogP contribution in [-0.2, 0) is 88.6 Å². The minimum absolute atomic E-state index is 0. The van der Waals surface area contributed by atoms with E-state index in [1.165, 1.54) is 360 Å². The van der Waals surface area contributed by atoms with Crippen LogP contribution in [0.2, 0.25) is 0 Å². The fourth-order valence-electron chi connectivity index (χ4n) is 12.4. The summed E-state index contributed by atoms with van der Waals surface area (Å²) < 4.78 is 19.9. The quantitative estimate of drug-likeness (QED) is 0.0145. The Balaban J connectivity index is -0.000000172. The molecule has 0 saturated heterocycles. The number of hydrogen-bond acceptors (Lipinski definition) is 12. The summed E-state index contributed by atoms with van der Waals surface area (Å²) in [6, 6.07) is 0. The van der Waals surface area contributed by atoms with Crippen LogP contribution >= 0.6 is 13.5 Å². The van der Waals surface area contributed by atoms with Crippen LogP contribution in [0.3, 0.4) is 0 Å². The van der Waals surface area contributed by atoms with Gasteiger partial charge < -0.3 is 69.5 Å². The molecule has 0 atom stereocenters. The summed E-state index contributed by atoms with van der Waals surface area (Å²) in [7, 11) is 0. The van der Waals surface area contributed by atoms with Gasteiger partial charge in [-0.25, -0.2) is 0 Å². The van der Waals surface area contributed by atoms with Crippen LogP contribution in [0.4, 0.5) is 0 Å². The normalized spacial score (nSPS) is 10.8. The Morgan fingerprint density at radius 1 is 0.202 bits per heavy atom. The number of carbonyl (C=O) groups excluding carboxylic acids is 4. The minimum Gasteiger partial charge on any atom is -0.789 e. The van der Waals surface area contributed by atoms with Crippen LogP contribution in [0.1, 0.15) is 479 Å². The summed E-state index contributed by atoms with van der Waals surface area (Å²) in [6.07, 6.45) is 105. The number of esters is 4. The minimum atomic E-state index is -0.0822. The van der Waals surface area contributed by atoms with Crippen LogP contribution < -0.4 is 0 Å². The molecular formula is C94H182O8S5Sn2. The Bertz CT molecular complexity index is 1530. The zero-order chi connectivity index (χ0) is 76.5. The van der Waals surface area contributed by atoms with Crippen LogP contribution in [0.15, 0.2) is 48.6 Å². The van der Waals surface area contributed by atoms with Crippen LogP contribution in [0.5, 0.6) is 0 Å². The summed E-state index contributed by atoms with van der Waals surface area (Å²) >= 11 is 19.0. The number of hydrogen-bond donors (Lipinski definition) is 0. The maximum absolute atomic E-state index is 11.3. The first kappa shape index (κ1) is 127. The van der Waals surface area contributed by atoms with Gasteiger partial charge in [-0.3, -0.25) is 19.2 Å². The van der Waals surface area contributed by atoms with E-state index in [-0.39, 0.29) is 100 Å². The largest absolute Gasteiger partial charge is 2.00 e. The number of unbranched alkanes of at least 4 members (excludes halogenated alkanes) is 56. The zero-order valence-electron chi connectivity index (χ0n) is 70.8. The second-order valence-electron chi connectivity index (χ2n) is 29.3. The molecule has 0 aromatic rings. The van der Waals surface area contributed by atoms with Crippen molar-refractivity contribution in [3.8, 4) is 0 Å². The molecule has 8 nitrogen and oxygen atoms in total. The van der Waals surface area contributed by atoms with Gasteiger partial charge in [0.15, 0.2) is 0 Å². The molecule has 0 heterocycles. The van der Waals surface area contributed by atoms with E-state index in [0.717, 1.165) is 51.4 Å². The van der Waals surface area contributed by atoms with Gasteiger partial charge in [0, 0.05) is 25.7 Å². The standard InChI is InChI=1S/4C23H44O2S.2CH4.H2S.2Sn/c4*1-2-3-4-5-6-7-8-9-10-11-12-13-14-15-16-17-18-19-20-23(24)25-21-22-26;;;;;/h4*7-8,26H,2-6,9-22H2,1H3;2*1H4;1H2;;/q;;;;;;;2*+2/p-4/b4*8-7+;;;;;. The Morgan fingerprint density at radius 3 is 0.431 bits per heavy atom.